The molecule has 0 aromatic rings. The van der Waals surface area contributed by atoms with Crippen molar-refractivity contribution in [3.05, 3.63) is 0 Å². The predicted molar refractivity (Wildman–Crippen MR) is 80.5 cm³/mol. The Labute approximate surface area is 119 Å². The second-order valence-corrected chi connectivity index (χ2v) is 6.33. The van der Waals surface area contributed by atoms with E-state index in [1.165, 1.54) is 58.0 Å². The molecule has 1 aliphatic heterocycles. The lowest BCUT2D eigenvalue weighted by Gasteiger charge is -2.41. The minimum atomic E-state index is 0.716. The molecule has 19 heavy (non-hydrogen) atoms. The Balaban J connectivity index is 1.95. The van der Waals surface area contributed by atoms with E-state index in [-0.39, 0.29) is 0 Å². The van der Waals surface area contributed by atoms with Crippen LogP contribution in [0.15, 0.2) is 0 Å². The number of likely N-dealkylation sites (tertiary alicyclic amines) is 1. The van der Waals surface area contributed by atoms with E-state index in [1.54, 1.807) is 0 Å². The number of nitrogens with one attached hydrogen (secondary N) is 1. The normalized spacial score (nSPS) is 34.1. The average molecular weight is 268 g/mol. The standard InChI is InChI=1S/C16H32N2O/c1-3-17-15-9-5-4-6-10-16(15)18-11-7-8-14(12-18)13-19-2/h14-17H,3-13H2,1-2H3. The molecule has 3 nitrogen and oxygen atoms in total. The maximum absolute atomic E-state index is 5.37. The first-order chi connectivity index (χ1) is 9.35. The Kier molecular flexibility index (Phi) is 6.62. The zero-order chi connectivity index (χ0) is 13.5. The number of piperidine rings is 1. The SMILES string of the molecule is CCNC1CCCCCC1N1CCCC(COC)C1. The van der Waals surface area contributed by atoms with Crippen LogP contribution in [0.5, 0.6) is 0 Å². The van der Waals surface area contributed by atoms with Crippen LogP contribution in [0.3, 0.4) is 0 Å². The Bertz CT molecular complexity index is 245. The highest BCUT2D eigenvalue weighted by Crippen LogP contribution is 2.27. The van der Waals surface area contributed by atoms with Crippen LogP contribution in [0.25, 0.3) is 0 Å². The topological polar surface area (TPSA) is 24.5 Å². The van der Waals surface area contributed by atoms with Gasteiger partial charge in [0, 0.05) is 25.7 Å². The summed E-state index contributed by atoms with van der Waals surface area (Å²) in [5, 5.41) is 3.75. The van der Waals surface area contributed by atoms with Crippen LogP contribution in [0, 0.1) is 5.92 Å². The van der Waals surface area contributed by atoms with Gasteiger partial charge in [-0.2, -0.15) is 0 Å². The second kappa shape index (κ2) is 8.23. The van der Waals surface area contributed by atoms with E-state index < -0.39 is 0 Å². The molecule has 2 rings (SSSR count). The minimum Gasteiger partial charge on any atom is -0.384 e. The maximum Gasteiger partial charge on any atom is 0.0502 e. The molecule has 0 radical (unpaired) electrons. The Morgan fingerprint density at radius 2 is 1.95 bits per heavy atom. The number of likely N-dealkylation sites (N-methyl/N-ethyl adjacent to an activating group) is 1. The summed E-state index contributed by atoms with van der Waals surface area (Å²) >= 11 is 0. The Morgan fingerprint density at radius 1 is 1.11 bits per heavy atom. The molecule has 3 heteroatoms. The molecule has 0 aromatic heterocycles. The fraction of sp³-hybridized carbons (Fsp3) is 1.00. The van der Waals surface area contributed by atoms with E-state index >= 15 is 0 Å². The summed E-state index contributed by atoms with van der Waals surface area (Å²) in [5.74, 6) is 0.754. The summed E-state index contributed by atoms with van der Waals surface area (Å²) in [7, 11) is 1.84. The van der Waals surface area contributed by atoms with Gasteiger partial charge in [0.05, 0.1) is 6.61 Å². The third-order valence-electron chi connectivity index (χ3n) is 4.87. The van der Waals surface area contributed by atoms with E-state index in [4.69, 9.17) is 4.74 Å². The molecule has 0 aromatic carbocycles. The maximum atomic E-state index is 5.37. The largest absolute Gasteiger partial charge is 0.384 e. The van der Waals surface area contributed by atoms with Crippen LogP contribution in [-0.4, -0.2) is 50.3 Å². The van der Waals surface area contributed by atoms with Crippen molar-refractivity contribution in [3.63, 3.8) is 0 Å². The highest BCUT2D eigenvalue weighted by molar-refractivity contribution is 4.89. The van der Waals surface area contributed by atoms with Gasteiger partial charge in [-0.3, -0.25) is 4.90 Å². The van der Waals surface area contributed by atoms with Gasteiger partial charge in [-0.1, -0.05) is 26.2 Å². The number of methoxy groups -OCH3 is 1. The van der Waals surface area contributed by atoms with E-state index in [2.05, 4.69) is 17.1 Å². The zero-order valence-corrected chi connectivity index (χ0v) is 12.9. The molecule has 0 bridgehead atoms. The van der Waals surface area contributed by atoms with E-state index in [0.717, 1.165) is 25.1 Å². The smallest absolute Gasteiger partial charge is 0.0502 e. The van der Waals surface area contributed by atoms with Crippen molar-refractivity contribution in [1.82, 2.24) is 10.2 Å². The highest BCUT2D eigenvalue weighted by atomic mass is 16.5. The molecule has 1 aliphatic carbocycles. The van der Waals surface area contributed by atoms with Gasteiger partial charge >= 0.3 is 0 Å². The second-order valence-electron chi connectivity index (χ2n) is 6.33. The number of hydrogen-bond donors (Lipinski definition) is 1. The predicted octanol–water partition coefficient (Wildman–Crippen LogP) is 2.66. The summed E-state index contributed by atoms with van der Waals surface area (Å²) in [6.45, 7) is 6.84. The van der Waals surface area contributed by atoms with Crippen molar-refractivity contribution in [3.8, 4) is 0 Å². The van der Waals surface area contributed by atoms with Crippen LogP contribution in [-0.2, 0) is 4.74 Å². The summed E-state index contributed by atoms with van der Waals surface area (Å²) < 4.78 is 5.37. The Morgan fingerprint density at radius 3 is 2.74 bits per heavy atom. The molecule has 3 unspecified atom stereocenters. The van der Waals surface area contributed by atoms with E-state index in [0.29, 0.717) is 6.04 Å². The lowest BCUT2D eigenvalue weighted by Crippen LogP contribution is -2.53. The third kappa shape index (κ3) is 4.44. The third-order valence-corrected chi connectivity index (χ3v) is 4.87. The fourth-order valence-corrected chi connectivity index (χ4v) is 4.00. The number of nitrogens with zero attached hydrogens (tertiary/aromatic N) is 1. The number of ether oxygens (including phenoxy) is 1. The monoisotopic (exact) mass is 268 g/mol. The molecule has 0 spiro atoms. The van der Waals surface area contributed by atoms with Crippen LogP contribution >= 0.6 is 0 Å². The molecule has 112 valence electrons. The summed E-state index contributed by atoms with van der Waals surface area (Å²) in [5.41, 5.74) is 0. The molecule has 2 fully saturated rings. The van der Waals surface area contributed by atoms with Gasteiger partial charge in [0.15, 0.2) is 0 Å². The van der Waals surface area contributed by atoms with Gasteiger partial charge in [0.1, 0.15) is 0 Å². The van der Waals surface area contributed by atoms with Crippen molar-refractivity contribution in [1.29, 1.82) is 0 Å². The zero-order valence-electron chi connectivity index (χ0n) is 12.9. The molecule has 0 amide bonds. The molecule has 1 saturated heterocycles. The van der Waals surface area contributed by atoms with E-state index in [9.17, 15) is 0 Å². The fourth-order valence-electron chi connectivity index (χ4n) is 4.00. The molecular weight excluding hydrogens is 236 g/mol. The van der Waals surface area contributed by atoms with Crippen molar-refractivity contribution >= 4 is 0 Å². The van der Waals surface area contributed by atoms with Crippen LogP contribution in [0.1, 0.15) is 51.9 Å². The number of rotatable bonds is 5. The molecule has 1 saturated carbocycles. The minimum absolute atomic E-state index is 0.716. The molecule has 1 N–H and O–H groups in total. The van der Waals surface area contributed by atoms with Gasteiger partial charge < -0.3 is 10.1 Å². The number of hydrogen-bond acceptors (Lipinski definition) is 3. The van der Waals surface area contributed by atoms with Gasteiger partial charge in [-0.15, -0.1) is 0 Å². The van der Waals surface area contributed by atoms with Gasteiger partial charge in [-0.05, 0) is 44.7 Å². The molecular formula is C16H32N2O. The molecule has 3 atom stereocenters. The quantitative estimate of drug-likeness (QED) is 0.776. The Hall–Kier alpha value is -0.120. The lowest BCUT2D eigenvalue weighted by molar-refractivity contribution is 0.0540. The molecule has 1 heterocycles. The van der Waals surface area contributed by atoms with Crippen molar-refractivity contribution in [2.75, 3.05) is 33.4 Å². The van der Waals surface area contributed by atoms with Gasteiger partial charge in [0.2, 0.25) is 0 Å². The van der Waals surface area contributed by atoms with Crippen molar-refractivity contribution in [2.24, 2.45) is 5.92 Å². The summed E-state index contributed by atoms with van der Waals surface area (Å²) in [6.07, 6.45) is 9.70. The first kappa shape index (κ1) is 15.3. The molecule has 2 aliphatic rings. The first-order valence-corrected chi connectivity index (χ1v) is 8.31. The van der Waals surface area contributed by atoms with Crippen molar-refractivity contribution < 1.29 is 4.74 Å². The van der Waals surface area contributed by atoms with Crippen LogP contribution < -0.4 is 5.32 Å². The van der Waals surface area contributed by atoms with Crippen LogP contribution in [0.4, 0.5) is 0 Å². The summed E-state index contributed by atoms with van der Waals surface area (Å²) in [6, 6.07) is 1.48. The van der Waals surface area contributed by atoms with E-state index in [1.807, 2.05) is 7.11 Å². The van der Waals surface area contributed by atoms with Crippen molar-refractivity contribution in [2.45, 2.75) is 64.0 Å². The lowest BCUT2D eigenvalue weighted by atomic mass is 9.93. The summed E-state index contributed by atoms with van der Waals surface area (Å²) in [4.78, 5) is 2.77. The average Bonchev–Trinajstić information content (AvgIpc) is 2.65. The van der Waals surface area contributed by atoms with Gasteiger partial charge in [0.25, 0.3) is 0 Å². The highest BCUT2D eigenvalue weighted by Gasteiger charge is 2.31. The van der Waals surface area contributed by atoms with Crippen LogP contribution in [0.2, 0.25) is 0 Å². The first-order valence-electron chi connectivity index (χ1n) is 8.31. The van der Waals surface area contributed by atoms with Gasteiger partial charge in [-0.25, -0.2) is 0 Å².